The maximum Gasteiger partial charge on any atom is 0.275 e. The molecule has 0 bridgehead atoms. The van der Waals surface area contributed by atoms with Crippen molar-refractivity contribution in [1.82, 2.24) is 5.43 Å². The predicted octanol–water partition coefficient (Wildman–Crippen LogP) is 3.79. The van der Waals surface area contributed by atoms with Crippen molar-refractivity contribution < 1.29 is 19.1 Å². The lowest BCUT2D eigenvalue weighted by Gasteiger charge is -2.10. The monoisotopic (exact) mass is 364 g/mol. The number of furan rings is 1. The van der Waals surface area contributed by atoms with Crippen molar-refractivity contribution in [1.29, 1.82) is 0 Å². The summed E-state index contributed by atoms with van der Waals surface area (Å²) in [5.41, 5.74) is 5.30. The van der Waals surface area contributed by atoms with Crippen molar-refractivity contribution in [2.24, 2.45) is 5.10 Å². The summed E-state index contributed by atoms with van der Waals surface area (Å²) >= 11 is 0. The van der Waals surface area contributed by atoms with Crippen LogP contribution in [0.1, 0.15) is 40.1 Å². The largest absolute Gasteiger partial charge is 0.507 e. The van der Waals surface area contributed by atoms with Crippen LogP contribution in [0.15, 0.2) is 45.9 Å². The molecule has 0 saturated heterocycles. The summed E-state index contributed by atoms with van der Waals surface area (Å²) in [5, 5.41) is 15.3. The molecule has 0 aliphatic heterocycles. The molecule has 6 heteroatoms. The molecule has 2 aromatic carbocycles. The molecule has 0 saturated carbocycles. The zero-order valence-electron chi connectivity index (χ0n) is 15.0. The number of para-hydroxylation sites is 1. The summed E-state index contributed by atoms with van der Waals surface area (Å²) in [5.74, 6) is 1.17. The molecular weight excluding hydrogens is 344 g/mol. The van der Waals surface area contributed by atoms with E-state index >= 15 is 0 Å². The molecular formula is C21H20N2O4. The first-order chi connectivity index (χ1) is 13.2. The maximum atomic E-state index is 12.4. The molecule has 0 fully saturated rings. The fourth-order valence-electron chi connectivity index (χ4n) is 3.55. The first-order valence-electron chi connectivity index (χ1n) is 8.91. The quantitative estimate of drug-likeness (QED) is 0.545. The van der Waals surface area contributed by atoms with Crippen molar-refractivity contribution in [2.45, 2.75) is 25.7 Å². The number of hydrazone groups is 1. The van der Waals surface area contributed by atoms with Crippen LogP contribution in [0.25, 0.3) is 11.0 Å². The molecule has 138 valence electrons. The highest BCUT2D eigenvalue weighted by Crippen LogP contribution is 2.36. The highest BCUT2D eigenvalue weighted by atomic mass is 16.5. The van der Waals surface area contributed by atoms with Gasteiger partial charge < -0.3 is 14.3 Å². The Bertz CT molecular complexity index is 1040. The number of amides is 1. The van der Waals surface area contributed by atoms with Gasteiger partial charge in [-0.25, -0.2) is 5.43 Å². The third-order valence-electron chi connectivity index (χ3n) is 4.85. The van der Waals surface area contributed by atoms with Crippen LogP contribution in [0.3, 0.4) is 0 Å². The molecule has 1 heterocycles. The second kappa shape index (κ2) is 7.15. The molecule has 27 heavy (non-hydrogen) atoms. The van der Waals surface area contributed by atoms with Crippen LogP contribution in [-0.4, -0.2) is 24.3 Å². The molecule has 3 aromatic rings. The van der Waals surface area contributed by atoms with Gasteiger partial charge in [-0.2, -0.15) is 5.10 Å². The summed E-state index contributed by atoms with van der Waals surface area (Å²) in [6.07, 6.45) is 5.50. The molecule has 1 amide bonds. The van der Waals surface area contributed by atoms with Crippen molar-refractivity contribution in [3.05, 3.63) is 58.8 Å². The van der Waals surface area contributed by atoms with Gasteiger partial charge in [-0.05, 0) is 43.5 Å². The number of methoxy groups -OCH3 is 1. The van der Waals surface area contributed by atoms with Crippen molar-refractivity contribution in [3.8, 4) is 11.5 Å². The van der Waals surface area contributed by atoms with E-state index in [0.717, 1.165) is 48.0 Å². The number of hydrogen-bond donors (Lipinski definition) is 2. The van der Waals surface area contributed by atoms with Gasteiger partial charge in [0, 0.05) is 22.9 Å². The molecule has 0 radical (unpaired) electrons. The molecule has 4 rings (SSSR count). The normalized spacial score (nSPS) is 13.7. The first kappa shape index (κ1) is 17.1. The van der Waals surface area contributed by atoms with E-state index in [1.54, 1.807) is 36.4 Å². The predicted molar refractivity (Wildman–Crippen MR) is 103 cm³/mol. The Hall–Kier alpha value is -3.28. The number of carbonyl (C=O) groups excluding carboxylic acids is 1. The van der Waals surface area contributed by atoms with E-state index < -0.39 is 0 Å². The number of phenolic OH excluding ortho intramolecular Hbond substituents is 1. The minimum atomic E-state index is -0.385. The van der Waals surface area contributed by atoms with Crippen LogP contribution < -0.4 is 10.2 Å². The van der Waals surface area contributed by atoms with E-state index in [4.69, 9.17) is 9.15 Å². The zero-order chi connectivity index (χ0) is 18.8. The van der Waals surface area contributed by atoms with Gasteiger partial charge in [0.15, 0.2) is 0 Å². The van der Waals surface area contributed by atoms with Crippen LogP contribution in [0, 0.1) is 0 Å². The first-order valence-corrected chi connectivity index (χ1v) is 8.91. The highest BCUT2D eigenvalue weighted by molar-refractivity contribution is 6.04. The number of rotatable bonds is 4. The number of fused-ring (bicyclic) bond motifs is 3. The number of carbonyl (C=O) groups is 1. The number of nitrogens with zero attached hydrogens (tertiary/aromatic N) is 1. The van der Waals surface area contributed by atoms with Gasteiger partial charge in [-0.1, -0.05) is 12.1 Å². The Kier molecular flexibility index (Phi) is 4.54. The molecule has 0 unspecified atom stereocenters. The number of aryl methyl sites for hydroxylation is 2. The third kappa shape index (κ3) is 3.14. The average molecular weight is 364 g/mol. The van der Waals surface area contributed by atoms with Gasteiger partial charge in [-0.3, -0.25) is 4.79 Å². The van der Waals surface area contributed by atoms with Crippen molar-refractivity contribution >= 4 is 23.1 Å². The summed E-state index contributed by atoms with van der Waals surface area (Å²) in [6, 6.07) is 10.3. The van der Waals surface area contributed by atoms with Crippen LogP contribution >= 0.6 is 0 Å². The number of aromatic hydroxyl groups is 1. The van der Waals surface area contributed by atoms with E-state index in [2.05, 4.69) is 10.5 Å². The van der Waals surface area contributed by atoms with Gasteiger partial charge in [-0.15, -0.1) is 0 Å². The van der Waals surface area contributed by atoms with Crippen LogP contribution in [0.4, 0.5) is 0 Å². The standard InChI is InChI=1S/C21H20N2O4/c1-26-17-8-4-3-7-14(17)21(25)23-22-12-15-16(24)10-11-19-20(15)13-6-2-5-9-18(13)27-19/h3-4,7-8,10-12,24H,2,5-6,9H2,1H3,(H,23,25). The number of hydrogen-bond acceptors (Lipinski definition) is 5. The Labute approximate surface area is 156 Å². The number of ether oxygens (including phenoxy) is 1. The smallest absolute Gasteiger partial charge is 0.275 e. The fraction of sp³-hybridized carbons (Fsp3) is 0.238. The van der Waals surface area contributed by atoms with Crippen molar-refractivity contribution in [2.75, 3.05) is 7.11 Å². The molecule has 1 aromatic heterocycles. The van der Waals surface area contributed by atoms with Gasteiger partial charge in [0.25, 0.3) is 5.91 Å². The second-order valence-electron chi connectivity index (χ2n) is 6.48. The van der Waals surface area contributed by atoms with E-state index in [9.17, 15) is 9.90 Å². The molecule has 0 spiro atoms. The van der Waals surface area contributed by atoms with E-state index in [1.807, 2.05) is 0 Å². The van der Waals surface area contributed by atoms with Gasteiger partial charge in [0.2, 0.25) is 0 Å². The zero-order valence-corrected chi connectivity index (χ0v) is 15.0. The second-order valence-corrected chi connectivity index (χ2v) is 6.48. The van der Waals surface area contributed by atoms with Crippen LogP contribution in [-0.2, 0) is 12.8 Å². The fourth-order valence-corrected chi connectivity index (χ4v) is 3.55. The lowest BCUT2D eigenvalue weighted by atomic mass is 9.94. The topological polar surface area (TPSA) is 84.1 Å². The Morgan fingerprint density at radius 2 is 2.04 bits per heavy atom. The number of phenols is 1. The molecule has 6 nitrogen and oxygen atoms in total. The lowest BCUT2D eigenvalue weighted by molar-refractivity contribution is 0.0952. The summed E-state index contributed by atoms with van der Waals surface area (Å²) in [4.78, 5) is 12.4. The minimum Gasteiger partial charge on any atom is -0.507 e. The summed E-state index contributed by atoms with van der Waals surface area (Å²) in [6.45, 7) is 0. The Morgan fingerprint density at radius 1 is 1.22 bits per heavy atom. The average Bonchev–Trinajstić information content (AvgIpc) is 3.08. The molecule has 0 atom stereocenters. The van der Waals surface area contributed by atoms with Gasteiger partial charge in [0.05, 0.1) is 18.9 Å². The number of nitrogens with one attached hydrogen (secondary N) is 1. The van der Waals surface area contributed by atoms with E-state index in [1.165, 1.54) is 13.3 Å². The van der Waals surface area contributed by atoms with Gasteiger partial charge >= 0.3 is 0 Å². The van der Waals surface area contributed by atoms with Crippen molar-refractivity contribution in [3.63, 3.8) is 0 Å². The Morgan fingerprint density at radius 3 is 2.89 bits per heavy atom. The molecule has 2 N–H and O–H groups in total. The molecule has 1 aliphatic carbocycles. The van der Waals surface area contributed by atoms with Crippen LogP contribution in [0.2, 0.25) is 0 Å². The van der Waals surface area contributed by atoms with Gasteiger partial charge in [0.1, 0.15) is 22.8 Å². The lowest BCUT2D eigenvalue weighted by Crippen LogP contribution is -2.18. The number of benzene rings is 2. The maximum absolute atomic E-state index is 12.4. The van der Waals surface area contributed by atoms with E-state index in [-0.39, 0.29) is 11.7 Å². The molecule has 1 aliphatic rings. The van der Waals surface area contributed by atoms with E-state index in [0.29, 0.717) is 16.9 Å². The third-order valence-corrected chi connectivity index (χ3v) is 4.85. The van der Waals surface area contributed by atoms with Crippen LogP contribution in [0.5, 0.6) is 11.5 Å². The summed E-state index contributed by atoms with van der Waals surface area (Å²) in [7, 11) is 1.51. The SMILES string of the molecule is COc1ccccc1C(=O)NN=Cc1c(O)ccc2oc3c(c12)CCCC3. The minimum absolute atomic E-state index is 0.104. The highest BCUT2D eigenvalue weighted by Gasteiger charge is 2.21. The summed E-state index contributed by atoms with van der Waals surface area (Å²) < 4.78 is 11.1. The Balaban J connectivity index is 1.64.